The van der Waals surface area contributed by atoms with Crippen LogP contribution in [0.2, 0.25) is 0 Å². The Morgan fingerprint density at radius 3 is 2.37 bits per heavy atom. The molecule has 2 nitrogen and oxygen atoms in total. The molecule has 1 N–H and O–H groups in total. The Morgan fingerprint density at radius 1 is 1.21 bits per heavy atom. The molecular formula is C14H21F3N2. The number of nitrogens with one attached hydrogen (secondary N) is 1. The van der Waals surface area contributed by atoms with Crippen molar-refractivity contribution < 1.29 is 13.2 Å². The van der Waals surface area contributed by atoms with E-state index in [2.05, 4.69) is 17.1 Å². The molecule has 0 radical (unpaired) electrons. The summed E-state index contributed by atoms with van der Waals surface area (Å²) in [5.74, 6) is 0. The van der Waals surface area contributed by atoms with E-state index in [4.69, 9.17) is 0 Å². The fraction of sp³-hybridized carbons (Fsp3) is 0.571. The second kappa shape index (κ2) is 6.39. The highest BCUT2D eigenvalue weighted by Gasteiger charge is 2.30. The van der Waals surface area contributed by atoms with Crippen molar-refractivity contribution in [3.8, 4) is 0 Å². The standard InChI is InChI=1S/C14H21F3N2/c1-10(19(3)4)9-18-11(2)12-6-5-7-13(8-12)14(15,16)17/h5-8,10-11,18H,9H2,1-4H3. The van der Waals surface area contributed by atoms with Crippen molar-refractivity contribution >= 4 is 0 Å². The van der Waals surface area contributed by atoms with E-state index in [0.29, 0.717) is 11.6 Å². The highest BCUT2D eigenvalue weighted by molar-refractivity contribution is 5.27. The van der Waals surface area contributed by atoms with Crippen LogP contribution in [-0.2, 0) is 6.18 Å². The normalized spacial score (nSPS) is 15.6. The van der Waals surface area contributed by atoms with E-state index in [1.165, 1.54) is 12.1 Å². The van der Waals surface area contributed by atoms with E-state index in [0.717, 1.165) is 12.6 Å². The van der Waals surface area contributed by atoms with E-state index in [1.54, 1.807) is 6.07 Å². The molecule has 0 saturated carbocycles. The SMILES string of the molecule is CC(NCC(C)N(C)C)c1cccc(C(F)(F)F)c1. The first kappa shape index (κ1) is 16.0. The van der Waals surface area contributed by atoms with Crippen molar-refractivity contribution in [2.24, 2.45) is 0 Å². The molecule has 2 atom stereocenters. The first-order valence-electron chi connectivity index (χ1n) is 6.28. The van der Waals surface area contributed by atoms with E-state index in [-0.39, 0.29) is 6.04 Å². The molecular weight excluding hydrogens is 253 g/mol. The average molecular weight is 274 g/mol. The Morgan fingerprint density at radius 2 is 1.84 bits per heavy atom. The van der Waals surface area contributed by atoms with Gasteiger partial charge in [0.05, 0.1) is 5.56 Å². The van der Waals surface area contributed by atoms with Gasteiger partial charge in [0.1, 0.15) is 0 Å². The first-order chi connectivity index (χ1) is 8.71. The van der Waals surface area contributed by atoms with Crippen molar-refractivity contribution in [2.75, 3.05) is 20.6 Å². The molecule has 0 aliphatic rings. The molecule has 0 heterocycles. The lowest BCUT2D eigenvalue weighted by Gasteiger charge is -2.23. The topological polar surface area (TPSA) is 15.3 Å². The van der Waals surface area contributed by atoms with Gasteiger partial charge in [-0.05, 0) is 45.6 Å². The van der Waals surface area contributed by atoms with Gasteiger partial charge in [0, 0.05) is 18.6 Å². The number of alkyl halides is 3. The smallest absolute Gasteiger partial charge is 0.309 e. The molecule has 0 aliphatic carbocycles. The molecule has 1 rings (SSSR count). The first-order valence-corrected chi connectivity index (χ1v) is 6.28. The second-order valence-electron chi connectivity index (χ2n) is 5.07. The predicted molar refractivity (Wildman–Crippen MR) is 71.0 cm³/mol. The molecule has 0 saturated heterocycles. The maximum atomic E-state index is 12.6. The van der Waals surface area contributed by atoms with Gasteiger partial charge in [0.25, 0.3) is 0 Å². The average Bonchev–Trinajstić information content (AvgIpc) is 2.34. The molecule has 19 heavy (non-hydrogen) atoms. The molecule has 5 heteroatoms. The van der Waals surface area contributed by atoms with Gasteiger partial charge in [0.2, 0.25) is 0 Å². The number of likely N-dealkylation sites (N-methyl/N-ethyl adjacent to an activating group) is 1. The van der Waals surface area contributed by atoms with Crippen molar-refractivity contribution in [3.05, 3.63) is 35.4 Å². The van der Waals surface area contributed by atoms with Crippen LogP contribution in [0.4, 0.5) is 13.2 Å². The summed E-state index contributed by atoms with van der Waals surface area (Å²) in [6, 6.07) is 5.69. The van der Waals surface area contributed by atoms with E-state index in [1.807, 2.05) is 21.0 Å². The fourth-order valence-corrected chi connectivity index (χ4v) is 1.63. The van der Waals surface area contributed by atoms with Crippen LogP contribution in [0.25, 0.3) is 0 Å². The number of hydrogen-bond acceptors (Lipinski definition) is 2. The summed E-state index contributed by atoms with van der Waals surface area (Å²) in [5.41, 5.74) is 0.0556. The van der Waals surface area contributed by atoms with Crippen LogP contribution >= 0.6 is 0 Å². The summed E-state index contributed by atoms with van der Waals surface area (Å²) in [4.78, 5) is 2.06. The van der Waals surface area contributed by atoms with Crippen LogP contribution < -0.4 is 5.32 Å². The molecule has 108 valence electrons. The largest absolute Gasteiger partial charge is 0.416 e. The van der Waals surface area contributed by atoms with E-state index < -0.39 is 11.7 Å². The molecule has 0 spiro atoms. The third kappa shape index (κ3) is 4.84. The third-order valence-electron chi connectivity index (χ3n) is 3.31. The number of hydrogen-bond donors (Lipinski definition) is 1. The highest BCUT2D eigenvalue weighted by atomic mass is 19.4. The quantitative estimate of drug-likeness (QED) is 0.886. The minimum Gasteiger partial charge on any atom is -0.309 e. The zero-order valence-corrected chi connectivity index (χ0v) is 11.8. The summed E-state index contributed by atoms with van der Waals surface area (Å²) in [6.45, 7) is 4.66. The summed E-state index contributed by atoms with van der Waals surface area (Å²) < 4.78 is 37.9. The van der Waals surface area contributed by atoms with Crippen LogP contribution in [-0.4, -0.2) is 31.6 Å². The number of nitrogens with zero attached hydrogens (tertiary/aromatic N) is 1. The summed E-state index contributed by atoms with van der Waals surface area (Å²) in [6.07, 6.45) is -4.29. The van der Waals surface area contributed by atoms with Gasteiger partial charge in [-0.15, -0.1) is 0 Å². The van der Waals surface area contributed by atoms with Gasteiger partial charge in [-0.2, -0.15) is 13.2 Å². The molecule has 1 aromatic carbocycles. The summed E-state index contributed by atoms with van der Waals surface area (Å²) in [5, 5.41) is 3.25. The van der Waals surface area contributed by atoms with Crippen LogP contribution in [0.15, 0.2) is 24.3 Å². The minimum absolute atomic E-state index is 0.107. The maximum Gasteiger partial charge on any atom is 0.416 e. The monoisotopic (exact) mass is 274 g/mol. The summed E-state index contributed by atoms with van der Waals surface area (Å²) >= 11 is 0. The maximum absolute atomic E-state index is 12.6. The van der Waals surface area contributed by atoms with E-state index in [9.17, 15) is 13.2 Å². The zero-order chi connectivity index (χ0) is 14.6. The molecule has 2 unspecified atom stereocenters. The second-order valence-corrected chi connectivity index (χ2v) is 5.07. The Bertz CT molecular complexity index is 402. The van der Waals surface area contributed by atoms with Crippen LogP contribution in [0, 0.1) is 0 Å². The van der Waals surface area contributed by atoms with E-state index >= 15 is 0 Å². The van der Waals surface area contributed by atoms with Crippen LogP contribution in [0.1, 0.15) is 31.0 Å². The van der Waals surface area contributed by atoms with Gasteiger partial charge in [-0.25, -0.2) is 0 Å². The number of benzene rings is 1. The van der Waals surface area contributed by atoms with Crippen LogP contribution in [0.3, 0.4) is 0 Å². The van der Waals surface area contributed by atoms with Crippen molar-refractivity contribution in [2.45, 2.75) is 32.1 Å². The Balaban J connectivity index is 2.70. The Kier molecular flexibility index (Phi) is 5.38. The van der Waals surface area contributed by atoms with Gasteiger partial charge in [0.15, 0.2) is 0 Å². The summed E-state index contributed by atoms with van der Waals surface area (Å²) in [7, 11) is 3.95. The lowest BCUT2D eigenvalue weighted by molar-refractivity contribution is -0.137. The van der Waals surface area contributed by atoms with Crippen molar-refractivity contribution in [1.29, 1.82) is 0 Å². The van der Waals surface area contributed by atoms with Gasteiger partial charge in [-0.1, -0.05) is 12.1 Å². The van der Waals surface area contributed by atoms with Gasteiger partial charge >= 0.3 is 6.18 Å². The lowest BCUT2D eigenvalue weighted by Crippen LogP contribution is -2.36. The fourth-order valence-electron chi connectivity index (χ4n) is 1.63. The van der Waals surface area contributed by atoms with Crippen molar-refractivity contribution in [1.82, 2.24) is 10.2 Å². The molecule has 1 aromatic rings. The zero-order valence-electron chi connectivity index (χ0n) is 11.8. The van der Waals surface area contributed by atoms with Crippen molar-refractivity contribution in [3.63, 3.8) is 0 Å². The molecule has 0 amide bonds. The predicted octanol–water partition coefficient (Wildman–Crippen LogP) is 3.31. The van der Waals surface area contributed by atoms with Gasteiger partial charge in [-0.3, -0.25) is 0 Å². The Hall–Kier alpha value is -1.07. The lowest BCUT2D eigenvalue weighted by atomic mass is 10.0. The molecule has 0 aromatic heterocycles. The highest BCUT2D eigenvalue weighted by Crippen LogP contribution is 2.30. The molecule has 0 aliphatic heterocycles. The molecule has 0 bridgehead atoms. The van der Waals surface area contributed by atoms with Gasteiger partial charge < -0.3 is 10.2 Å². The molecule has 0 fully saturated rings. The number of rotatable bonds is 5. The minimum atomic E-state index is -4.29. The van der Waals surface area contributed by atoms with Crippen LogP contribution in [0.5, 0.6) is 0 Å². The number of halogens is 3. The third-order valence-corrected chi connectivity index (χ3v) is 3.31. The Labute approximate surface area is 112 Å².